The summed E-state index contributed by atoms with van der Waals surface area (Å²) in [7, 11) is 2.02. The zero-order valence-electron chi connectivity index (χ0n) is 23.8. The molecule has 0 unspecified atom stereocenters. The number of unbranched alkanes of at least 4 members (excludes halogenated alkanes) is 3. The number of benzene rings is 1. The van der Waals surface area contributed by atoms with Crippen LogP contribution in [0.3, 0.4) is 0 Å². The van der Waals surface area contributed by atoms with Crippen molar-refractivity contribution >= 4 is 28.5 Å². The Morgan fingerprint density at radius 3 is 2.69 bits per heavy atom. The monoisotopic (exact) mass is 585 g/mol. The van der Waals surface area contributed by atoms with Gasteiger partial charge >= 0.3 is 5.97 Å². The Morgan fingerprint density at radius 1 is 1.17 bits per heavy atom. The maximum atomic E-state index is 15.5. The lowest BCUT2D eigenvalue weighted by Gasteiger charge is -2.37. The van der Waals surface area contributed by atoms with Gasteiger partial charge in [0.25, 0.3) is 0 Å². The number of ether oxygens (including phenoxy) is 2. The maximum absolute atomic E-state index is 15.5. The Hall–Kier alpha value is -4.04. The van der Waals surface area contributed by atoms with E-state index < -0.39 is 23.1 Å². The van der Waals surface area contributed by atoms with Crippen LogP contribution in [0.4, 0.5) is 10.1 Å². The van der Waals surface area contributed by atoms with Crippen LogP contribution in [-0.2, 0) is 22.7 Å². The first-order chi connectivity index (χ1) is 20.3. The van der Waals surface area contributed by atoms with Gasteiger partial charge in [-0.25, -0.2) is 14.7 Å². The van der Waals surface area contributed by atoms with E-state index in [0.717, 1.165) is 32.4 Å². The van der Waals surface area contributed by atoms with Crippen LogP contribution < -0.4 is 20.5 Å². The molecular weight excluding hydrogens is 549 g/mol. The molecule has 1 amide bonds. The fraction of sp³-hybridized carbons (Fsp3) is 0.536. The van der Waals surface area contributed by atoms with E-state index in [2.05, 4.69) is 15.2 Å². The summed E-state index contributed by atoms with van der Waals surface area (Å²) >= 11 is 0. The van der Waals surface area contributed by atoms with Gasteiger partial charge in [0.15, 0.2) is 11.6 Å². The average Bonchev–Trinajstić information content (AvgIpc) is 3.44. The molecule has 14 heteroatoms. The van der Waals surface area contributed by atoms with Crippen molar-refractivity contribution in [1.82, 2.24) is 29.9 Å². The molecule has 1 aromatic carbocycles. The van der Waals surface area contributed by atoms with E-state index in [1.165, 1.54) is 12.3 Å². The molecule has 2 aliphatic heterocycles. The van der Waals surface area contributed by atoms with Crippen LogP contribution >= 0.6 is 0 Å². The van der Waals surface area contributed by atoms with E-state index >= 15 is 4.39 Å². The molecule has 2 aromatic heterocycles. The lowest BCUT2D eigenvalue weighted by atomic mass is 10.1. The summed E-state index contributed by atoms with van der Waals surface area (Å²) in [6.45, 7) is 5.44. The van der Waals surface area contributed by atoms with Crippen LogP contribution in [0, 0.1) is 5.82 Å². The number of aryl methyl sites for hydroxylation is 1. The number of anilines is 1. The fourth-order valence-corrected chi connectivity index (χ4v) is 5.38. The van der Waals surface area contributed by atoms with E-state index in [1.807, 2.05) is 18.9 Å². The Morgan fingerprint density at radius 2 is 1.93 bits per heavy atom. The highest BCUT2D eigenvalue weighted by Gasteiger charge is 2.31. The molecular formula is C28H36FN7O6. The minimum Gasteiger partial charge on any atom is -0.487 e. The molecule has 0 aliphatic carbocycles. The molecule has 5 rings (SSSR count). The van der Waals surface area contributed by atoms with Gasteiger partial charge in [-0.2, -0.15) is 0 Å². The average molecular weight is 586 g/mol. The van der Waals surface area contributed by atoms with Crippen LogP contribution in [0.5, 0.6) is 5.75 Å². The number of esters is 1. The summed E-state index contributed by atoms with van der Waals surface area (Å²) in [6, 6.07) is 1.01. The van der Waals surface area contributed by atoms with E-state index in [0.29, 0.717) is 48.7 Å². The van der Waals surface area contributed by atoms with Gasteiger partial charge in [0.05, 0.1) is 23.1 Å². The summed E-state index contributed by atoms with van der Waals surface area (Å²) in [5, 5.41) is 16.7. The Kier molecular flexibility index (Phi) is 9.02. The molecule has 0 bridgehead atoms. The first kappa shape index (κ1) is 29.5. The van der Waals surface area contributed by atoms with Crippen LogP contribution in [0.1, 0.15) is 61.1 Å². The fourth-order valence-electron chi connectivity index (χ4n) is 5.38. The van der Waals surface area contributed by atoms with E-state index in [-0.39, 0.29) is 36.6 Å². The van der Waals surface area contributed by atoms with Crippen LogP contribution in [0.15, 0.2) is 23.3 Å². The third-order valence-corrected chi connectivity index (χ3v) is 7.78. The highest BCUT2D eigenvalue weighted by atomic mass is 19.1. The SMILES string of the molecule is C[C@H]1COc2c(N3CCN(C)CC3)c(F)cc3c(=O)c(C(=O)OCc4cn(CCCCCCC(=O)NO)nn4)cn1c23. The van der Waals surface area contributed by atoms with Crippen LogP contribution in [0.2, 0.25) is 0 Å². The third kappa shape index (κ3) is 6.23. The predicted octanol–water partition coefficient (Wildman–Crippen LogP) is 2.25. The Labute approximate surface area is 241 Å². The molecule has 2 aliphatic rings. The summed E-state index contributed by atoms with van der Waals surface area (Å²) < 4.78 is 30.4. The van der Waals surface area contributed by atoms with Crippen LogP contribution in [0.25, 0.3) is 10.9 Å². The van der Waals surface area contributed by atoms with E-state index in [9.17, 15) is 14.4 Å². The van der Waals surface area contributed by atoms with Gasteiger partial charge in [0, 0.05) is 45.3 Å². The number of likely N-dealkylation sites (N-methyl/N-ethyl adjacent to an activating group) is 1. The van der Waals surface area contributed by atoms with Crippen molar-refractivity contribution in [3.05, 3.63) is 45.8 Å². The molecule has 0 saturated carbocycles. The molecule has 1 saturated heterocycles. The zero-order valence-corrected chi connectivity index (χ0v) is 23.8. The standard InChI is InChI=1S/C28H36FN7O6/c1-18-16-41-27-24-20(13-22(29)25(27)34-11-9-33(2)10-12-34)26(38)21(15-36(18)24)28(39)42-17-19-14-35(32-30-19)8-6-4-3-5-7-23(37)31-40/h13-15,18,40H,3-12,16-17H2,1-2H3,(H,31,37)/t18-/m0/s1. The number of nitrogens with zero attached hydrogens (tertiary/aromatic N) is 6. The number of hydrogen-bond donors (Lipinski definition) is 2. The van der Waals surface area contributed by atoms with Crippen molar-refractivity contribution in [3.63, 3.8) is 0 Å². The number of nitrogens with one attached hydrogen (secondary N) is 1. The zero-order chi connectivity index (χ0) is 29.8. The largest absolute Gasteiger partial charge is 0.487 e. The van der Waals surface area contributed by atoms with Crippen LogP contribution in [-0.4, -0.2) is 81.4 Å². The summed E-state index contributed by atoms with van der Waals surface area (Å²) in [5.74, 6) is -1.45. The van der Waals surface area contributed by atoms with Crippen molar-refractivity contribution in [3.8, 4) is 5.75 Å². The van der Waals surface area contributed by atoms with E-state index in [4.69, 9.17) is 14.7 Å². The molecule has 0 radical (unpaired) electrons. The van der Waals surface area contributed by atoms with Gasteiger partial charge in [0.1, 0.15) is 30.2 Å². The van der Waals surface area contributed by atoms with Gasteiger partial charge in [-0.15, -0.1) is 5.10 Å². The van der Waals surface area contributed by atoms with Gasteiger partial charge in [-0.05, 0) is 32.9 Å². The van der Waals surface area contributed by atoms with Crippen molar-refractivity contribution in [1.29, 1.82) is 0 Å². The van der Waals surface area contributed by atoms with E-state index in [1.54, 1.807) is 20.9 Å². The normalized spacial score (nSPS) is 16.9. The number of hydrogen-bond acceptors (Lipinski definition) is 10. The summed E-state index contributed by atoms with van der Waals surface area (Å²) in [6.07, 6.45) is 6.64. The molecule has 1 fully saturated rings. The number of carbonyl (C=O) groups excluding carboxylic acids is 2. The predicted molar refractivity (Wildman–Crippen MR) is 150 cm³/mol. The maximum Gasteiger partial charge on any atom is 0.344 e. The number of halogens is 1. The molecule has 3 aromatic rings. The van der Waals surface area contributed by atoms with Gasteiger partial charge in [-0.3, -0.25) is 19.5 Å². The molecule has 0 spiro atoms. The first-order valence-electron chi connectivity index (χ1n) is 14.2. The molecule has 1 atom stereocenters. The summed E-state index contributed by atoms with van der Waals surface area (Å²) in [5.41, 5.74) is 2.07. The second-order valence-corrected chi connectivity index (χ2v) is 10.9. The van der Waals surface area contributed by atoms with Gasteiger partial charge in [-0.1, -0.05) is 18.1 Å². The van der Waals surface area contributed by atoms with Crippen molar-refractivity contribution in [2.45, 2.75) is 58.2 Å². The van der Waals surface area contributed by atoms with Crippen molar-refractivity contribution < 1.29 is 28.7 Å². The number of hydroxylamine groups is 1. The Balaban J connectivity index is 1.27. The highest BCUT2D eigenvalue weighted by molar-refractivity contribution is 5.98. The highest BCUT2D eigenvalue weighted by Crippen LogP contribution is 2.42. The van der Waals surface area contributed by atoms with Gasteiger partial charge < -0.3 is 23.8 Å². The number of amides is 1. The summed E-state index contributed by atoms with van der Waals surface area (Å²) in [4.78, 5) is 41.7. The quantitative estimate of drug-likeness (QED) is 0.149. The molecule has 2 N–H and O–H groups in total. The molecule has 13 nitrogen and oxygen atoms in total. The molecule has 226 valence electrons. The minimum atomic E-state index is -0.823. The lowest BCUT2D eigenvalue weighted by molar-refractivity contribution is -0.129. The smallest absolute Gasteiger partial charge is 0.344 e. The van der Waals surface area contributed by atoms with Crippen molar-refractivity contribution in [2.75, 3.05) is 44.7 Å². The molecule has 42 heavy (non-hydrogen) atoms. The minimum absolute atomic E-state index is 0.0734. The molecule has 4 heterocycles. The number of pyridine rings is 1. The van der Waals surface area contributed by atoms with Crippen molar-refractivity contribution in [2.24, 2.45) is 0 Å². The lowest BCUT2D eigenvalue weighted by Crippen LogP contribution is -2.45. The number of carbonyl (C=O) groups is 2. The second kappa shape index (κ2) is 12.9. The number of piperazine rings is 1. The number of aromatic nitrogens is 4. The first-order valence-corrected chi connectivity index (χ1v) is 14.2. The third-order valence-electron chi connectivity index (χ3n) is 7.78. The topological polar surface area (TPSA) is 144 Å². The Bertz CT molecular complexity index is 1510. The van der Waals surface area contributed by atoms with Gasteiger partial charge in [0.2, 0.25) is 11.3 Å². The second-order valence-electron chi connectivity index (χ2n) is 10.9. The number of rotatable bonds is 11.